The van der Waals surface area contributed by atoms with Crippen molar-refractivity contribution in [2.24, 2.45) is 0 Å². The summed E-state index contributed by atoms with van der Waals surface area (Å²) in [5, 5.41) is 55.2. The molecular weight excluding hydrogens is 528 g/mol. The molecule has 2 fully saturated rings. The molecule has 1 heterocycles. The Morgan fingerprint density at radius 2 is 1.44 bits per heavy atom. The van der Waals surface area contributed by atoms with E-state index in [2.05, 4.69) is 0 Å². The first kappa shape index (κ1) is 27.6. The van der Waals surface area contributed by atoms with Crippen molar-refractivity contribution in [3.05, 3.63) is 94.0 Å². The minimum Gasteiger partial charge on any atom is -0.504 e. The molecule has 0 bridgehead atoms. The van der Waals surface area contributed by atoms with Crippen molar-refractivity contribution in [3.8, 4) is 11.5 Å². The molecule has 5 N–H and O–H groups in total. The highest BCUT2D eigenvalue weighted by Gasteiger charge is 2.53. The molecule has 9 heteroatoms. The maximum absolute atomic E-state index is 13.5. The number of aliphatic hydroxyl groups is 4. The fourth-order valence-electron chi connectivity index (χ4n) is 6.31. The van der Waals surface area contributed by atoms with Crippen LogP contribution in [0.5, 0.6) is 11.5 Å². The number of rotatable bonds is 5. The van der Waals surface area contributed by atoms with Gasteiger partial charge in [0.2, 0.25) is 6.29 Å². The normalized spacial score (nSPS) is 27.2. The lowest BCUT2D eigenvalue weighted by atomic mass is 9.76. The summed E-state index contributed by atoms with van der Waals surface area (Å²) in [6.07, 6.45) is -4.71. The number of phenolic OH excluding ortho intramolecular Hbond substituents is 1. The second-order valence-corrected chi connectivity index (χ2v) is 11.2. The summed E-state index contributed by atoms with van der Waals surface area (Å²) in [5.41, 5.74) is -0.103. The lowest BCUT2D eigenvalue weighted by Crippen LogP contribution is -2.65. The van der Waals surface area contributed by atoms with Crippen molar-refractivity contribution in [1.29, 1.82) is 0 Å². The summed E-state index contributed by atoms with van der Waals surface area (Å²) >= 11 is 0. The van der Waals surface area contributed by atoms with Gasteiger partial charge in [-0.15, -0.1) is 0 Å². The fourth-order valence-corrected chi connectivity index (χ4v) is 6.31. The van der Waals surface area contributed by atoms with E-state index < -0.39 is 53.6 Å². The number of hydrogen-bond acceptors (Lipinski definition) is 9. The lowest BCUT2D eigenvalue weighted by molar-refractivity contribution is -0.308. The van der Waals surface area contributed by atoms with E-state index in [0.717, 1.165) is 12.0 Å². The molecule has 5 unspecified atom stereocenters. The van der Waals surface area contributed by atoms with Crippen molar-refractivity contribution in [2.75, 3.05) is 0 Å². The summed E-state index contributed by atoms with van der Waals surface area (Å²) < 4.78 is 12.0. The Morgan fingerprint density at radius 3 is 2.12 bits per heavy atom. The average molecular weight is 561 g/mol. The molecule has 3 aromatic rings. The Labute approximate surface area is 236 Å². The minimum absolute atomic E-state index is 0.0273. The number of hydrogen-bond donors (Lipinski definition) is 5. The monoisotopic (exact) mass is 560 g/mol. The smallest absolute Gasteiger partial charge is 0.229 e. The molecule has 1 aliphatic heterocycles. The third-order valence-corrected chi connectivity index (χ3v) is 8.51. The number of carbonyl (C=O) groups excluding carboxylic acids is 2. The van der Waals surface area contributed by atoms with Crippen LogP contribution in [-0.2, 0) is 11.2 Å². The van der Waals surface area contributed by atoms with Crippen LogP contribution in [0, 0.1) is 0 Å². The van der Waals surface area contributed by atoms with Crippen LogP contribution in [0.15, 0.2) is 60.7 Å². The summed E-state index contributed by atoms with van der Waals surface area (Å²) in [6.45, 7) is 0. The number of fused-ring (bicyclic) bond motifs is 2. The maximum Gasteiger partial charge on any atom is 0.229 e. The number of benzene rings is 3. The molecule has 0 radical (unpaired) electrons. The van der Waals surface area contributed by atoms with Crippen LogP contribution >= 0.6 is 0 Å². The summed E-state index contributed by atoms with van der Waals surface area (Å²) in [6, 6.07) is 17.1. The molecule has 9 nitrogen and oxygen atoms in total. The first-order valence-electron chi connectivity index (χ1n) is 13.9. The van der Waals surface area contributed by atoms with Gasteiger partial charge >= 0.3 is 0 Å². The molecule has 3 aromatic carbocycles. The van der Waals surface area contributed by atoms with Crippen molar-refractivity contribution in [1.82, 2.24) is 0 Å². The van der Waals surface area contributed by atoms with Crippen LogP contribution in [0.4, 0.5) is 0 Å². The highest BCUT2D eigenvalue weighted by atomic mass is 16.7. The maximum atomic E-state index is 13.5. The summed E-state index contributed by atoms with van der Waals surface area (Å²) in [5.74, 6) is -1.77. The second kappa shape index (κ2) is 10.7. The Balaban J connectivity index is 1.43. The Hall–Kier alpha value is -3.60. The third-order valence-electron chi connectivity index (χ3n) is 8.51. The molecule has 0 spiro atoms. The molecular formula is C32H32O9. The third kappa shape index (κ3) is 4.73. The predicted octanol–water partition coefficient (Wildman–Crippen LogP) is 2.64. The SMILES string of the molecule is O=C1c2ccccc2C(=O)c2c1cc(Cc1ccccc1)c(OC1OC(C3(O)CCCCC3)C(O)C(O)C1O)c2O. The van der Waals surface area contributed by atoms with Crippen molar-refractivity contribution in [3.63, 3.8) is 0 Å². The van der Waals surface area contributed by atoms with Crippen molar-refractivity contribution < 1.29 is 44.6 Å². The van der Waals surface area contributed by atoms with Gasteiger partial charge in [-0.25, -0.2) is 0 Å². The van der Waals surface area contributed by atoms with Crippen LogP contribution in [-0.4, -0.2) is 73.4 Å². The van der Waals surface area contributed by atoms with Gasteiger partial charge in [0.15, 0.2) is 23.1 Å². The number of aromatic hydroxyl groups is 1. The molecule has 0 aromatic heterocycles. The van der Waals surface area contributed by atoms with Crippen LogP contribution in [0.3, 0.4) is 0 Å². The highest BCUT2D eigenvalue weighted by molar-refractivity contribution is 6.29. The zero-order chi connectivity index (χ0) is 28.9. The Bertz CT molecular complexity index is 1480. The van der Waals surface area contributed by atoms with E-state index in [1.807, 2.05) is 30.3 Å². The highest BCUT2D eigenvalue weighted by Crippen LogP contribution is 2.44. The van der Waals surface area contributed by atoms with E-state index in [4.69, 9.17) is 9.47 Å². The van der Waals surface area contributed by atoms with Gasteiger partial charge in [-0.05, 0) is 24.5 Å². The van der Waals surface area contributed by atoms with Gasteiger partial charge in [0, 0.05) is 28.7 Å². The molecule has 3 aliphatic rings. The van der Waals surface area contributed by atoms with Crippen molar-refractivity contribution in [2.45, 2.75) is 74.8 Å². The molecule has 214 valence electrons. The van der Waals surface area contributed by atoms with Crippen LogP contribution in [0.1, 0.15) is 75.1 Å². The van der Waals surface area contributed by atoms with E-state index >= 15 is 0 Å². The molecule has 5 atom stereocenters. The van der Waals surface area contributed by atoms with Gasteiger partial charge in [0.25, 0.3) is 0 Å². The second-order valence-electron chi connectivity index (χ2n) is 11.2. The van der Waals surface area contributed by atoms with Crippen LogP contribution < -0.4 is 4.74 Å². The molecule has 6 rings (SSSR count). The van der Waals surface area contributed by atoms with Gasteiger partial charge in [-0.3, -0.25) is 9.59 Å². The number of ketones is 2. The van der Waals surface area contributed by atoms with Gasteiger partial charge in [-0.1, -0.05) is 73.9 Å². The van der Waals surface area contributed by atoms with E-state index in [0.29, 0.717) is 31.2 Å². The van der Waals surface area contributed by atoms with Gasteiger partial charge in [0.05, 0.1) is 11.2 Å². The number of ether oxygens (including phenoxy) is 2. The topological polar surface area (TPSA) is 154 Å². The molecule has 2 aliphatic carbocycles. The van der Waals surface area contributed by atoms with E-state index in [-0.39, 0.29) is 34.4 Å². The minimum atomic E-state index is -1.74. The molecule has 1 saturated carbocycles. The predicted molar refractivity (Wildman–Crippen MR) is 146 cm³/mol. The van der Waals surface area contributed by atoms with Crippen molar-refractivity contribution >= 4 is 11.6 Å². The van der Waals surface area contributed by atoms with Gasteiger partial charge in [0.1, 0.15) is 24.4 Å². The molecule has 0 amide bonds. The fraction of sp³-hybridized carbons (Fsp3) is 0.375. The number of aliphatic hydroxyl groups excluding tert-OH is 3. The van der Waals surface area contributed by atoms with E-state index in [9.17, 15) is 35.1 Å². The molecule has 41 heavy (non-hydrogen) atoms. The lowest BCUT2D eigenvalue weighted by Gasteiger charge is -2.48. The van der Waals surface area contributed by atoms with Crippen LogP contribution in [0.25, 0.3) is 0 Å². The quantitative estimate of drug-likeness (QED) is 0.248. The average Bonchev–Trinajstić information content (AvgIpc) is 2.98. The Kier molecular flexibility index (Phi) is 7.17. The summed E-state index contributed by atoms with van der Waals surface area (Å²) in [4.78, 5) is 26.9. The summed E-state index contributed by atoms with van der Waals surface area (Å²) in [7, 11) is 0. The number of phenols is 1. The van der Waals surface area contributed by atoms with E-state index in [1.54, 1.807) is 18.2 Å². The first-order valence-corrected chi connectivity index (χ1v) is 13.9. The van der Waals surface area contributed by atoms with Gasteiger partial charge in [-0.2, -0.15) is 0 Å². The zero-order valence-electron chi connectivity index (χ0n) is 22.3. The Morgan fingerprint density at radius 1 is 0.805 bits per heavy atom. The zero-order valence-corrected chi connectivity index (χ0v) is 22.3. The first-order chi connectivity index (χ1) is 19.7. The molecule has 1 saturated heterocycles. The number of carbonyl (C=O) groups is 2. The van der Waals surface area contributed by atoms with Crippen LogP contribution in [0.2, 0.25) is 0 Å². The van der Waals surface area contributed by atoms with Gasteiger partial charge < -0.3 is 35.0 Å². The van der Waals surface area contributed by atoms with E-state index in [1.165, 1.54) is 12.1 Å². The standard InChI is InChI=1S/C32H32O9/c33-23-19-11-5-6-12-20(19)24(34)22-21(23)16-18(15-17-9-3-1-4-10-17)29(25(22)35)40-31-28(38)26(36)27(37)30(41-31)32(39)13-7-2-8-14-32/h1,3-6,9-12,16,26-28,30-31,35-39H,2,7-8,13-15H2. The largest absolute Gasteiger partial charge is 0.504 e.